The first kappa shape index (κ1) is 14.3. The SMILES string of the molecule is CCNC1CCCN(Cc2cccc(OC)c2F)C1. The number of rotatable bonds is 5. The van der Waals surface area contributed by atoms with Crippen LogP contribution in [0, 0.1) is 5.82 Å². The lowest BCUT2D eigenvalue weighted by Gasteiger charge is -2.33. The van der Waals surface area contributed by atoms with Gasteiger partial charge in [-0.1, -0.05) is 19.1 Å². The number of methoxy groups -OCH3 is 1. The predicted molar refractivity (Wildman–Crippen MR) is 74.9 cm³/mol. The Morgan fingerprint density at radius 2 is 2.32 bits per heavy atom. The van der Waals surface area contributed by atoms with Gasteiger partial charge in [0, 0.05) is 24.7 Å². The van der Waals surface area contributed by atoms with Crippen molar-refractivity contribution >= 4 is 0 Å². The Morgan fingerprint density at radius 3 is 3.05 bits per heavy atom. The molecule has 1 aliphatic heterocycles. The van der Waals surface area contributed by atoms with Gasteiger partial charge in [-0.2, -0.15) is 0 Å². The van der Waals surface area contributed by atoms with E-state index < -0.39 is 0 Å². The third kappa shape index (κ3) is 3.67. The molecule has 1 aliphatic rings. The minimum Gasteiger partial charge on any atom is -0.494 e. The van der Waals surface area contributed by atoms with Crippen LogP contribution in [0.2, 0.25) is 0 Å². The molecule has 3 nitrogen and oxygen atoms in total. The maximum absolute atomic E-state index is 14.1. The van der Waals surface area contributed by atoms with E-state index in [0.29, 0.717) is 18.3 Å². The van der Waals surface area contributed by atoms with Crippen LogP contribution in [0.4, 0.5) is 4.39 Å². The summed E-state index contributed by atoms with van der Waals surface area (Å²) >= 11 is 0. The molecule has 1 fully saturated rings. The summed E-state index contributed by atoms with van der Waals surface area (Å²) in [5.41, 5.74) is 0.719. The molecule has 0 amide bonds. The van der Waals surface area contributed by atoms with Crippen molar-refractivity contribution in [2.24, 2.45) is 0 Å². The van der Waals surface area contributed by atoms with Crippen molar-refractivity contribution in [1.82, 2.24) is 10.2 Å². The van der Waals surface area contributed by atoms with E-state index in [1.165, 1.54) is 20.0 Å². The number of halogens is 1. The van der Waals surface area contributed by atoms with Gasteiger partial charge in [0.1, 0.15) is 0 Å². The Morgan fingerprint density at radius 1 is 1.47 bits per heavy atom. The summed E-state index contributed by atoms with van der Waals surface area (Å²) < 4.78 is 19.1. The smallest absolute Gasteiger partial charge is 0.169 e. The lowest BCUT2D eigenvalue weighted by atomic mass is 10.0. The van der Waals surface area contributed by atoms with E-state index in [1.807, 2.05) is 12.1 Å². The number of hydrogen-bond acceptors (Lipinski definition) is 3. The normalized spacial score (nSPS) is 20.5. The molecular weight excluding hydrogens is 243 g/mol. The van der Waals surface area contributed by atoms with Crippen molar-refractivity contribution in [3.8, 4) is 5.75 Å². The molecule has 1 heterocycles. The average Bonchev–Trinajstić information content (AvgIpc) is 2.42. The lowest BCUT2D eigenvalue weighted by Crippen LogP contribution is -2.45. The maximum Gasteiger partial charge on any atom is 0.169 e. The lowest BCUT2D eigenvalue weighted by molar-refractivity contribution is 0.182. The Kier molecular flexibility index (Phi) is 5.16. The van der Waals surface area contributed by atoms with Crippen LogP contribution in [0.15, 0.2) is 18.2 Å². The summed E-state index contributed by atoms with van der Waals surface area (Å²) in [6, 6.07) is 5.89. The molecule has 2 rings (SSSR count). The van der Waals surface area contributed by atoms with Crippen LogP contribution in [0.5, 0.6) is 5.75 Å². The second-order valence-electron chi connectivity index (χ2n) is 5.07. The highest BCUT2D eigenvalue weighted by Crippen LogP contribution is 2.22. The number of piperidine rings is 1. The molecule has 1 N–H and O–H groups in total. The molecule has 0 spiro atoms. The minimum absolute atomic E-state index is 0.226. The van der Waals surface area contributed by atoms with Crippen molar-refractivity contribution < 1.29 is 9.13 Å². The van der Waals surface area contributed by atoms with Crippen molar-refractivity contribution in [2.45, 2.75) is 32.4 Å². The summed E-state index contributed by atoms with van der Waals surface area (Å²) in [4.78, 5) is 2.31. The van der Waals surface area contributed by atoms with Crippen LogP contribution in [0.25, 0.3) is 0 Å². The van der Waals surface area contributed by atoms with Crippen molar-refractivity contribution in [3.63, 3.8) is 0 Å². The van der Waals surface area contributed by atoms with Gasteiger partial charge in [-0.3, -0.25) is 4.90 Å². The zero-order chi connectivity index (χ0) is 13.7. The first-order chi connectivity index (χ1) is 9.24. The van der Waals surface area contributed by atoms with E-state index in [1.54, 1.807) is 6.07 Å². The van der Waals surface area contributed by atoms with E-state index >= 15 is 0 Å². The number of hydrogen-bond donors (Lipinski definition) is 1. The Hall–Kier alpha value is -1.13. The van der Waals surface area contributed by atoms with Crippen LogP contribution >= 0.6 is 0 Å². The molecule has 1 unspecified atom stereocenters. The molecule has 1 aromatic carbocycles. The molecule has 1 atom stereocenters. The van der Waals surface area contributed by atoms with Crippen LogP contribution in [-0.4, -0.2) is 37.7 Å². The zero-order valence-corrected chi connectivity index (χ0v) is 11.8. The van der Waals surface area contributed by atoms with E-state index in [4.69, 9.17) is 4.74 Å². The van der Waals surface area contributed by atoms with Crippen molar-refractivity contribution in [3.05, 3.63) is 29.6 Å². The molecule has 106 valence electrons. The van der Waals surface area contributed by atoms with Gasteiger partial charge >= 0.3 is 0 Å². The molecule has 0 aromatic heterocycles. The monoisotopic (exact) mass is 266 g/mol. The molecule has 1 aromatic rings. The Labute approximate surface area is 114 Å². The summed E-state index contributed by atoms with van der Waals surface area (Å²) in [7, 11) is 1.50. The van der Waals surface area contributed by atoms with Gasteiger partial charge in [0.15, 0.2) is 11.6 Å². The highest BCUT2D eigenvalue weighted by atomic mass is 19.1. The Bertz CT molecular complexity index is 409. The summed E-state index contributed by atoms with van der Waals surface area (Å²) in [5.74, 6) is 0.105. The highest BCUT2D eigenvalue weighted by Gasteiger charge is 2.20. The highest BCUT2D eigenvalue weighted by molar-refractivity contribution is 5.31. The molecule has 1 saturated heterocycles. The number of ether oxygens (including phenoxy) is 1. The molecule has 0 radical (unpaired) electrons. The van der Waals surface area contributed by atoms with Gasteiger partial charge in [0.2, 0.25) is 0 Å². The molecule has 0 bridgehead atoms. The van der Waals surface area contributed by atoms with E-state index in [0.717, 1.165) is 25.2 Å². The number of likely N-dealkylation sites (N-methyl/N-ethyl adjacent to an activating group) is 1. The van der Waals surface area contributed by atoms with Crippen LogP contribution in [0.1, 0.15) is 25.3 Å². The average molecular weight is 266 g/mol. The quantitative estimate of drug-likeness (QED) is 0.885. The topological polar surface area (TPSA) is 24.5 Å². The second-order valence-corrected chi connectivity index (χ2v) is 5.07. The van der Waals surface area contributed by atoms with Gasteiger partial charge in [-0.05, 0) is 32.0 Å². The first-order valence-electron chi connectivity index (χ1n) is 7.01. The fourth-order valence-corrected chi connectivity index (χ4v) is 2.73. The van der Waals surface area contributed by atoms with Crippen LogP contribution in [-0.2, 0) is 6.54 Å². The number of nitrogens with one attached hydrogen (secondary N) is 1. The van der Waals surface area contributed by atoms with Gasteiger partial charge < -0.3 is 10.1 Å². The number of nitrogens with zero attached hydrogens (tertiary/aromatic N) is 1. The second kappa shape index (κ2) is 6.87. The van der Waals surface area contributed by atoms with Crippen molar-refractivity contribution in [2.75, 3.05) is 26.7 Å². The van der Waals surface area contributed by atoms with Crippen LogP contribution < -0.4 is 10.1 Å². The van der Waals surface area contributed by atoms with Crippen LogP contribution in [0.3, 0.4) is 0 Å². The van der Waals surface area contributed by atoms with Crippen molar-refractivity contribution in [1.29, 1.82) is 0 Å². The van der Waals surface area contributed by atoms with Gasteiger partial charge in [-0.15, -0.1) is 0 Å². The number of likely N-dealkylation sites (tertiary alicyclic amines) is 1. The Balaban J connectivity index is 2.00. The zero-order valence-electron chi connectivity index (χ0n) is 11.8. The molecule has 4 heteroatoms. The number of benzene rings is 1. The third-order valence-corrected chi connectivity index (χ3v) is 3.66. The van der Waals surface area contributed by atoms with E-state index in [-0.39, 0.29) is 5.82 Å². The summed E-state index contributed by atoms with van der Waals surface area (Å²) in [5, 5.41) is 3.48. The van der Waals surface area contributed by atoms with E-state index in [9.17, 15) is 4.39 Å². The van der Waals surface area contributed by atoms with Gasteiger partial charge in [0.25, 0.3) is 0 Å². The largest absolute Gasteiger partial charge is 0.494 e. The van der Waals surface area contributed by atoms with Gasteiger partial charge in [-0.25, -0.2) is 4.39 Å². The molecule has 0 aliphatic carbocycles. The molecule has 19 heavy (non-hydrogen) atoms. The fraction of sp³-hybridized carbons (Fsp3) is 0.600. The predicted octanol–water partition coefficient (Wildman–Crippen LogP) is 2.41. The first-order valence-corrected chi connectivity index (χ1v) is 7.01. The fourth-order valence-electron chi connectivity index (χ4n) is 2.73. The maximum atomic E-state index is 14.1. The standard InChI is InChI=1S/C15H23FN2O/c1-3-17-13-7-5-9-18(11-13)10-12-6-4-8-14(19-2)15(12)16/h4,6,8,13,17H,3,5,7,9-11H2,1-2H3. The summed E-state index contributed by atoms with van der Waals surface area (Å²) in [6.45, 7) is 5.81. The minimum atomic E-state index is -0.226. The third-order valence-electron chi connectivity index (χ3n) is 3.66. The van der Waals surface area contributed by atoms with Gasteiger partial charge in [0.05, 0.1) is 7.11 Å². The van der Waals surface area contributed by atoms with E-state index in [2.05, 4.69) is 17.1 Å². The summed E-state index contributed by atoms with van der Waals surface area (Å²) in [6.07, 6.45) is 2.38. The molecule has 0 saturated carbocycles. The molecular formula is C15H23FN2O.